The minimum Gasteiger partial charge on any atom is -0.396 e. The van der Waals surface area contributed by atoms with Gasteiger partial charge in [0, 0.05) is 25.1 Å². The molecule has 3 heteroatoms. The van der Waals surface area contributed by atoms with E-state index in [1.165, 1.54) is 19.3 Å². The van der Waals surface area contributed by atoms with Gasteiger partial charge >= 0.3 is 0 Å². The van der Waals surface area contributed by atoms with Crippen LogP contribution in [0.3, 0.4) is 0 Å². The molecule has 3 unspecified atom stereocenters. The first kappa shape index (κ1) is 7.80. The van der Waals surface area contributed by atoms with Gasteiger partial charge in [-0.15, -0.1) is 0 Å². The summed E-state index contributed by atoms with van der Waals surface area (Å²) in [6.45, 7) is 1.14. The third kappa shape index (κ3) is 0.909. The van der Waals surface area contributed by atoms with Crippen LogP contribution in [0.25, 0.3) is 0 Å². The summed E-state index contributed by atoms with van der Waals surface area (Å²) >= 11 is 0. The van der Waals surface area contributed by atoms with E-state index >= 15 is 0 Å². The summed E-state index contributed by atoms with van der Waals surface area (Å²) in [5.41, 5.74) is 0. The van der Waals surface area contributed by atoms with Crippen LogP contribution in [0.15, 0.2) is 0 Å². The monoisotopic (exact) mass is 181 g/mol. The summed E-state index contributed by atoms with van der Waals surface area (Å²) in [5.74, 6) is 1.33. The van der Waals surface area contributed by atoms with Gasteiger partial charge in [-0.2, -0.15) is 0 Å². The van der Waals surface area contributed by atoms with Crippen molar-refractivity contribution in [3.8, 4) is 0 Å². The van der Waals surface area contributed by atoms with Gasteiger partial charge in [0.1, 0.15) is 0 Å². The maximum Gasteiger partial charge on any atom is 0.226 e. The number of fused-ring (bicyclic) bond motifs is 1. The lowest BCUT2D eigenvalue weighted by molar-refractivity contribution is -0.134. The van der Waals surface area contributed by atoms with Crippen molar-refractivity contribution in [3.05, 3.63) is 0 Å². The average molecular weight is 181 g/mol. The van der Waals surface area contributed by atoms with Crippen LogP contribution in [-0.2, 0) is 4.79 Å². The van der Waals surface area contributed by atoms with Gasteiger partial charge in [-0.05, 0) is 31.1 Å². The minimum absolute atomic E-state index is 0.200. The Hall–Kier alpha value is -0.570. The summed E-state index contributed by atoms with van der Waals surface area (Å²) in [7, 11) is 0. The summed E-state index contributed by atoms with van der Waals surface area (Å²) in [6, 6.07) is 0.555. The normalized spacial score (nSPS) is 43.3. The molecular weight excluding hydrogens is 166 g/mol. The van der Waals surface area contributed by atoms with Crippen LogP contribution < -0.4 is 0 Å². The van der Waals surface area contributed by atoms with Crippen LogP contribution in [0.2, 0.25) is 0 Å². The molecule has 72 valence electrons. The molecule has 3 aliphatic rings. The van der Waals surface area contributed by atoms with Crippen LogP contribution >= 0.6 is 0 Å². The highest BCUT2D eigenvalue weighted by molar-refractivity contribution is 5.85. The van der Waals surface area contributed by atoms with Crippen LogP contribution in [0, 0.1) is 17.8 Å². The number of carbonyl (C=O) groups excluding carboxylic acids is 1. The first-order valence-corrected chi connectivity index (χ1v) is 5.24. The maximum atomic E-state index is 11.8. The van der Waals surface area contributed by atoms with Crippen molar-refractivity contribution in [3.63, 3.8) is 0 Å². The van der Waals surface area contributed by atoms with Gasteiger partial charge in [0.2, 0.25) is 5.91 Å². The molecule has 0 bridgehead atoms. The lowest BCUT2D eigenvalue weighted by atomic mass is 9.91. The zero-order valence-corrected chi connectivity index (χ0v) is 7.65. The van der Waals surface area contributed by atoms with Gasteiger partial charge in [0.15, 0.2) is 0 Å². The highest BCUT2D eigenvalue weighted by Crippen LogP contribution is 2.53. The quantitative estimate of drug-likeness (QED) is 0.662. The van der Waals surface area contributed by atoms with Crippen molar-refractivity contribution >= 4 is 5.91 Å². The highest BCUT2D eigenvalue weighted by Gasteiger charge is 2.62. The molecule has 1 aliphatic heterocycles. The molecule has 3 nitrogen and oxygen atoms in total. The highest BCUT2D eigenvalue weighted by atomic mass is 16.3. The van der Waals surface area contributed by atoms with E-state index < -0.39 is 0 Å². The van der Waals surface area contributed by atoms with E-state index in [-0.39, 0.29) is 12.5 Å². The average Bonchev–Trinajstić information content (AvgIpc) is 2.63. The summed E-state index contributed by atoms with van der Waals surface area (Å²) in [4.78, 5) is 13.8. The molecule has 0 aromatic carbocycles. The molecule has 3 rings (SSSR count). The molecule has 1 saturated heterocycles. The largest absolute Gasteiger partial charge is 0.396 e. The minimum atomic E-state index is 0.200. The van der Waals surface area contributed by atoms with Gasteiger partial charge in [-0.3, -0.25) is 4.79 Å². The Balaban J connectivity index is 1.67. The Labute approximate surface area is 77.7 Å². The Bertz CT molecular complexity index is 249. The molecule has 1 amide bonds. The van der Waals surface area contributed by atoms with E-state index in [1.54, 1.807) is 0 Å². The van der Waals surface area contributed by atoms with Crippen molar-refractivity contribution in [2.45, 2.75) is 25.3 Å². The zero-order chi connectivity index (χ0) is 9.00. The number of amides is 1. The van der Waals surface area contributed by atoms with Crippen LogP contribution in [0.1, 0.15) is 19.3 Å². The predicted octanol–water partition coefficient (Wildman–Crippen LogP) is 0.236. The van der Waals surface area contributed by atoms with E-state index in [4.69, 9.17) is 5.11 Å². The van der Waals surface area contributed by atoms with Gasteiger partial charge in [0.25, 0.3) is 0 Å². The number of piperidine rings is 1. The van der Waals surface area contributed by atoms with E-state index in [1.807, 2.05) is 0 Å². The number of rotatable bonds is 2. The third-order valence-corrected chi connectivity index (χ3v) is 4.03. The van der Waals surface area contributed by atoms with E-state index in [0.29, 0.717) is 23.8 Å². The molecule has 0 spiro atoms. The SMILES string of the molecule is O=C1C2C(CO)C2CN1C1CCC1. The fourth-order valence-corrected chi connectivity index (χ4v) is 2.85. The van der Waals surface area contributed by atoms with E-state index in [9.17, 15) is 4.79 Å². The molecule has 13 heavy (non-hydrogen) atoms. The summed E-state index contributed by atoms with van der Waals surface area (Å²) < 4.78 is 0. The zero-order valence-electron chi connectivity index (χ0n) is 7.65. The standard InChI is InChI=1S/C10H15NO2/c12-5-8-7-4-11(6-2-1-3-6)10(13)9(7)8/h6-9,12H,1-5H2. The second kappa shape index (κ2) is 2.47. The topological polar surface area (TPSA) is 40.5 Å². The molecule has 0 aromatic rings. The Morgan fingerprint density at radius 3 is 2.62 bits per heavy atom. The van der Waals surface area contributed by atoms with Crippen LogP contribution in [-0.4, -0.2) is 35.1 Å². The van der Waals surface area contributed by atoms with Crippen LogP contribution in [0.5, 0.6) is 0 Å². The molecule has 0 radical (unpaired) electrons. The van der Waals surface area contributed by atoms with Gasteiger partial charge in [-0.1, -0.05) is 0 Å². The van der Waals surface area contributed by atoms with Crippen molar-refractivity contribution in [1.82, 2.24) is 4.90 Å². The molecule has 3 fully saturated rings. The van der Waals surface area contributed by atoms with E-state index in [2.05, 4.69) is 4.90 Å². The van der Waals surface area contributed by atoms with Crippen molar-refractivity contribution in [2.24, 2.45) is 17.8 Å². The summed E-state index contributed by atoms with van der Waals surface area (Å²) in [5, 5.41) is 8.95. The molecule has 1 N–H and O–H groups in total. The first-order chi connectivity index (χ1) is 6.33. The fourth-order valence-electron chi connectivity index (χ4n) is 2.85. The maximum absolute atomic E-state index is 11.8. The third-order valence-electron chi connectivity index (χ3n) is 4.03. The van der Waals surface area contributed by atoms with E-state index in [0.717, 1.165) is 6.54 Å². The molecule has 0 aromatic heterocycles. The molecule has 3 atom stereocenters. The number of aliphatic hydroxyl groups excluding tert-OH is 1. The lowest BCUT2D eigenvalue weighted by Crippen LogP contribution is -2.43. The second-order valence-corrected chi connectivity index (χ2v) is 4.61. The van der Waals surface area contributed by atoms with Gasteiger partial charge in [0.05, 0.1) is 0 Å². The summed E-state index contributed by atoms with van der Waals surface area (Å²) in [6.07, 6.45) is 3.69. The van der Waals surface area contributed by atoms with Gasteiger partial charge < -0.3 is 10.0 Å². The van der Waals surface area contributed by atoms with Crippen molar-refractivity contribution < 1.29 is 9.90 Å². The lowest BCUT2D eigenvalue weighted by Gasteiger charge is -2.36. The Kier molecular flexibility index (Phi) is 1.48. The van der Waals surface area contributed by atoms with Crippen molar-refractivity contribution in [1.29, 1.82) is 0 Å². The number of nitrogens with zero attached hydrogens (tertiary/aromatic N) is 1. The van der Waals surface area contributed by atoms with Gasteiger partial charge in [-0.25, -0.2) is 0 Å². The number of hydrogen-bond acceptors (Lipinski definition) is 2. The van der Waals surface area contributed by atoms with Crippen LogP contribution in [0.4, 0.5) is 0 Å². The number of aliphatic hydroxyl groups is 1. The number of likely N-dealkylation sites (tertiary alicyclic amines) is 1. The molecular formula is C10H15NO2. The fraction of sp³-hybridized carbons (Fsp3) is 0.900. The molecule has 1 heterocycles. The Morgan fingerprint density at radius 1 is 1.46 bits per heavy atom. The van der Waals surface area contributed by atoms with Crippen molar-refractivity contribution in [2.75, 3.05) is 13.2 Å². The Morgan fingerprint density at radius 2 is 2.23 bits per heavy atom. The molecule has 2 saturated carbocycles. The number of carbonyl (C=O) groups is 1. The smallest absolute Gasteiger partial charge is 0.226 e. The first-order valence-electron chi connectivity index (χ1n) is 5.24. The second-order valence-electron chi connectivity index (χ2n) is 4.61. The number of hydrogen-bond donors (Lipinski definition) is 1. The molecule has 2 aliphatic carbocycles. The predicted molar refractivity (Wildman–Crippen MR) is 46.9 cm³/mol.